The molecule has 1 atom stereocenters. The zero-order valence-corrected chi connectivity index (χ0v) is 13.4. The predicted octanol–water partition coefficient (Wildman–Crippen LogP) is 3.84. The van der Waals surface area contributed by atoms with Crippen molar-refractivity contribution in [2.24, 2.45) is 11.7 Å². The van der Waals surface area contributed by atoms with E-state index in [9.17, 15) is 4.79 Å². The molecule has 0 aliphatic rings. The van der Waals surface area contributed by atoms with Crippen LogP contribution >= 0.6 is 11.6 Å². The largest absolute Gasteiger partial charge is 0.324 e. The van der Waals surface area contributed by atoms with Gasteiger partial charge in [-0.25, -0.2) is 0 Å². The van der Waals surface area contributed by atoms with Crippen LogP contribution in [0.2, 0.25) is 5.02 Å². The summed E-state index contributed by atoms with van der Waals surface area (Å²) in [5, 5.41) is 0.684. The SMILES string of the molecule is CC(C)Cn1c(-c2ccc(Cl)cc2)ccc(C(C)N)c1=O. The predicted molar refractivity (Wildman–Crippen MR) is 88.6 cm³/mol. The topological polar surface area (TPSA) is 48.0 Å². The number of hydrogen-bond donors (Lipinski definition) is 1. The second kappa shape index (κ2) is 6.46. The number of aromatic nitrogens is 1. The maximum absolute atomic E-state index is 12.7. The van der Waals surface area contributed by atoms with Crippen molar-refractivity contribution in [3.05, 3.63) is 57.3 Å². The lowest BCUT2D eigenvalue weighted by Gasteiger charge is -2.18. The normalized spacial score (nSPS) is 12.7. The van der Waals surface area contributed by atoms with Crippen molar-refractivity contribution in [2.45, 2.75) is 33.4 Å². The molecular formula is C17H21ClN2O. The molecule has 2 N–H and O–H groups in total. The molecule has 0 saturated heterocycles. The summed E-state index contributed by atoms with van der Waals surface area (Å²) in [5.74, 6) is 0.372. The maximum atomic E-state index is 12.7. The fourth-order valence-corrected chi connectivity index (χ4v) is 2.49. The van der Waals surface area contributed by atoms with Crippen LogP contribution in [0.25, 0.3) is 11.3 Å². The highest BCUT2D eigenvalue weighted by Crippen LogP contribution is 2.22. The van der Waals surface area contributed by atoms with E-state index in [2.05, 4.69) is 13.8 Å². The Labute approximate surface area is 130 Å². The van der Waals surface area contributed by atoms with Crippen LogP contribution in [0.1, 0.15) is 32.4 Å². The number of nitrogens with zero attached hydrogens (tertiary/aromatic N) is 1. The summed E-state index contributed by atoms with van der Waals surface area (Å²) in [4.78, 5) is 12.7. The van der Waals surface area contributed by atoms with Gasteiger partial charge in [0.2, 0.25) is 0 Å². The van der Waals surface area contributed by atoms with Gasteiger partial charge in [0, 0.05) is 23.2 Å². The first-order chi connectivity index (χ1) is 9.90. The van der Waals surface area contributed by atoms with Crippen LogP contribution in [0.5, 0.6) is 0 Å². The van der Waals surface area contributed by atoms with E-state index in [0.29, 0.717) is 23.0 Å². The Morgan fingerprint density at radius 3 is 2.24 bits per heavy atom. The number of nitrogens with two attached hydrogens (primary N) is 1. The highest BCUT2D eigenvalue weighted by molar-refractivity contribution is 6.30. The molecule has 1 heterocycles. The summed E-state index contributed by atoms with van der Waals surface area (Å²) in [6.45, 7) is 6.68. The van der Waals surface area contributed by atoms with Crippen LogP contribution in [-0.4, -0.2) is 4.57 Å². The van der Waals surface area contributed by atoms with Crippen LogP contribution < -0.4 is 11.3 Å². The van der Waals surface area contributed by atoms with Crippen molar-refractivity contribution in [1.82, 2.24) is 4.57 Å². The third kappa shape index (κ3) is 3.55. The Balaban J connectivity index is 2.62. The van der Waals surface area contributed by atoms with Gasteiger partial charge in [0.05, 0.1) is 5.69 Å². The number of rotatable bonds is 4. The van der Waals surface area contributed by atoms with Gasteiger partial charge in [-0.05, 0) is 42.7 Å². The minimum atomic E-state index is -0.268. The second-order valence-electron chi connectivity index (χ2n) is 5.78. The molecule has 1 aromatic heterocycles. The van der Waals surface area contributed by atoms with Crippen LogP contribution in [0.15, 0.2) is 41.2 Å². The average Bonchev–Trinajstić information content (AvgIpc) is 2.41. The summed E-state index contributed by atoms with van der Waals surface area (Å²) in [6, 6.07) is 11.1. The van der Waals surface area contributed by atoms with E-state index in [1.54, 1.807) is 0 Å². The molecule has 2 aromatic rings. The molecule has 3 nitrogen and oxygen atoms in total. The molecule has 0 radical (unpaired) electrons. The molecule has 2 rings (SSSR count). The minimum Gasteiger partial charge on any atom is -0.324 e. The molecule has 0 bridgehead atoms. The quantitative estimate of drug-likeness (QED) is 0.933. The van der Waals surface area contributed by atoms with Crippen LogP contribution in [0.4, 0.5) is 0 Å². The van der Waals surface area contributed by atoms with Crippen molar-refractivity contribution in [1.29, 1.82) is 0 Å². The number of benzene rings is 1. The molecule has 0 spiro atoms. The number of hydrogen-bond acceptors (Lipinski definition) is 2. The van der Waals surface area contributed by atoms with Gasteiger partial charge >= 0.3 is 0 Å². The van der Waals surface area contributed by atoms with E-state index in [-0.39, 0.29) is 11.6 Å². The molecule has 1 aromatic carbocycles. The molecule has 0 aliphatic carbocycles. The van der Waals surface area contributed by atoms with Crippen LogP contribution in [-0.2, 0) is 6.54 Å². The lowest BCUT2D eigenvalue weighted by atomic mass is 10.1. The third-order valence-electron chi connectivity index (χ3n) is 3.38. The van der Waals surface area contributed by atoms with E-state index < -0.39 is 0 Å². The second-order valence-corrected chi connectivity index (χ2v) is 6.22. The summed E-state index contributed by atoms with van der Waals surface area (Å²) < 4.78 is 1.81. The zero-order chi connectivity index (χ0) is 15.6. The fraction of sp³-hybridized carbons (Fsp3) is 0.353. The number of pyridine rings is 1. The van der Waals surface area contributed by atoms with Gasteiger partial charge in [-0.15, -0.1) is 0 Å². The summed E-state index contributed by atoms with van der Waals surface area (Å²) in [5.41, 5.74) is 8.41. The molecule has 0 aliphatic heterocycles. The first kappa shape index (κ1) is 15.8. The van der Waals surface area contributed by atoms with Gasteiger partial charge in [-0.2, -0.15) is 0 Å². The van der Waals surface area contributed by atoms with E-state index >= 15 is 0 Å². The summed E-state index contributed by atoms with van der Waals surface area (Å²) in [7, 11) is 0. The maximum Gasteiger partial charge on any atom is 0.255 e. The highest BCUT2D eigenvalue weighted by atomic mass is 35.5. The summed E-state index contributed by atoms with van der Waals surface area (Å²) >= 11 is 5.94. The lowest BCUT2D eigenvalue weighted by molar-refractivity contribution is 0.510. The van der Waals surface area contributed by atoms with Gasteiger partial charge in [0.15, 0.2) is 0 Å². The molecular weight excluding hydrogens is 284 g/mol. The molecule has 0 fully saturated rings. The van der Waals surface area contributed by atoms with Gasteiger partial charge in [-0.1, -0.05) is 37.6 Å². The fourth-order valence-electron chi connectivity index (χ4n) is 2.36. The standard InChI is InChI=1S/C17H21ClN2O/c1-11(2)10-20-16(13-4-6-14(18)7-5-13)9-8-15(12(3)19)17(20)21/h4-9,11-12H,10,19H2,1-3H3. The lowest BCUT2D eigenvalue weighted by Crippen LogP contribution is -2.29. The molecule has 1 unspecified atom stereocenters. The van der Waals surface area contributed by atoms with Crippen molar-refractivity contribution < 1.29 is 0 Å². The molecule has 21 heavy (non-hydrogen) atoms. The average molecular weight is 305 g/mol. The Bertz CT molecular complexity index is 672. The van der Waals surface area contributed by atoms with E-state index in [0.717, 1.165) is 11.3 Å². The van der Waals surface area contributed by atoms with Crippen molar-refractivity contribution >= 4 is 11.6 Å². The van der Waals surface area contributed by atoms with E-state index in [1.165, 1.54) is 0 Å². The van der Waals surface area contributed by atoms with Crippen molar-refractivity contribution in [3.63, 3.8) is 0 Å². The summed E-state index contributed by atoms with van der Waals surface area (Å²) in [6.07, 6.45) is 0. The molecule has 4 heteroatoms. The first-order valence-electron chi connectivity index (χ1n) is 7.15. The molecule has 112 valence electrons. The first-order valence-corrected chi connectivity index (χ1v) is 7.53. The highest BCUT2D eigenvalue weighted by Gasteiger charge is 2.13. The van der Waals surface area contributed by atoms with Gasteiger partial charge in [0.25, 0.3) is 5.56 Å². The van der Waals surface area contributed by atoms with Crippen LogP contribution in [0, 0.1) is 5.92 Å². The molecule has 0 amide bonds. The third-order valence-corrected chi connectivity index (χ3v) is 3.63. The van der Waals surface area contributed by atoms with E-state index in [1.807, 2.05) is 47.9 Å². The smallest absolute Gasteiger partial charge is 0.255 e. The monoisotopic (exact) mass is 304 g/mol. The number of halogens is 1. The van der Waals surface area contributed by atoms with E-state index in [4.69, 9.17) is 17.3 Å². The minimum absolute atomic E-state index is 0.00819. The van der Waals surface area contributed by atoms with Crippen molar-refractivity contribution in [3.8, 4) is 11.3 Å². The Morgan fingerprint density at radius 1 is 1.10 bits per heavy atom. The van der Waals surface area contributed by atoms with Gasteiger partial charge in [0.1, 0.15) is 0 Å². The van der Waals surface area contributed by atoms with Gasteiger partial charge in [-0.3, -0.25) is 4.79 Å². The van der Waals surface area contributed by atoms with Crippen molar-refractivity contribution in [2.75, 3.05) is 0 Å². The molecule has 0 saturated carbocycles. The van der Waals surface area contributed by atoms with Gasteiger partial charge < -0.3 is 10.3 Å². The zero-order valence-electron chi connectivity index (χ0n) is 12.6. The Kier molecular flexibility index (Phi) is 4.86. The Hall–Kier alpha value is -1.58. The van der Waals surface area contributed by atoms with Crippen LogP contribution in [0.3, 0.4) is 0 Å². The Morgan fingerprint density at radius 2 is 1.71 bits per heavy atom.